The molecule has 0 heterocycles. The van der Waals surface area contributed by atoms with Gasteiger partial charge in [-0.05, 0) is 54.8 Å². The van der Waals surface area contributed by atoms with E-state index in [2.05, 4.69) is 0 Å². The summed E-state index contributed by atoms with van der Waals surface area (Å²) in [5.74, 6) is -0.780. The lowest BCUT2D eigenvalue weighted by Crippen LogP contribution is -2.31. The van der Waals surface area contributed by atoms with Crippen molar-refractivity contribution >= 4 is 29.1 Å². The minimum Gasteiger partial charge on any atom is -0.396 e. The Labute approximate surface area is 171 Å². The number of nitrogens with zero attached hydrogens (tertiary/aromatic N) is 1. The summed E-state index contributed by atoms with van der Waals surface area (Å²) in [6, 6.07) is 8.32. The van der Waals surface area contributed by atoms with Gasteiger partial charge in [0.2, 0.25) is 0 Å². The highest BCUT2D eigenvalue weighted by atomic mass is 35.5. The molecule has 1 amide bonds. The van der Waals surface area contributed by atoms with Crippen LogP contribution in [-0.4, -0.2) is 36.1 Å². The van der Waals surface area contributed by atoms with E-state index < -0.39 is 17.6 Å². The zero-order valence-electron chi connectivity index (χ0n) is 15.4. The number of carbonyl (C=O) groups is 1. The maximum atomic E-state index is 13.0. The number of benzene rings is 2. The number of alkyl halides is 3. The zero-order chi connectivity index (χ0) is 21.1. The Hall–Kier alpha value is -1.76. The molecule has 0 fully saturated rings. The third kappa shape index (κ3) is 5.63. The molecule has 0 aliphatic rings. The van der Waals surface area contributed by atoms with E-state index in [1.165, 1.54) is 24.9 Å². The van der Waals surface area contributed by atoms with Gasteiger partial charge in [-0.2, -0.15) is 13.2 Å². The van der Waals surface area contributed by atoms with E-state index in [0.717, 1.165) is 17.7 Å². The summed E-state index contributed by atoms with van der Waals surface area (Å²) < 4.78 is 39.1. The smallest absolute Gasteiger partial charge is 0.396 e. The van der Waals surface area contributed by atoms with Gasteiger partial charge in [0, 0.05) is 31.7 Å². The Morgan fingerprint density at radius 2 is 1.82 bits per heavy atom. The summed E-state index contributed by atoms with van der Waals surface area (Å²) in [7, 11) is 1.51. The molecule has 28 heavy (non-hydrogen) atoms. The summed E-state index contributed by atoms with van der Waals surface area (Å²) in [6.07, 6.45) is -4.17. The van der Waals surface area contributed by atoms with E-state index in [9.17, 15) is 23.1 Å². The second-order valence-electron chi connectivity index (χ2n) is 6.65. The predicted octanol–water partition coefficient (Wildman–Crippen LogP) is 5.56. The number of hydrogen-bond acceptors (Lipinski definition) is 2. The summed E-state index contributed by atoms with van der Waals surface area (Å²) in [6.45, 7) is 1.60. The lowest BCUT2D eigenvalue weighted by molar-refractivity contribution is -0.137. The van der Waals surface area contributed by atoms with Crippen molar-refractivity contribution in [1.82, 2.24) is 4.90 Å². The van der Waals surface area contributed by atoms with Gasteiger partial charge in [-0.15, -0.1) is 0 Å². The van der Waals surface area contributed by atoms with Gasteiger partial charge in [-0.25, -0.2) is 0 Å². The average molecular weight is 434 g/mol. The normalized spacial score (nSPS) is 12.7. The molecule has 2 aromatic carbocycles. The third-order valence-corrected chi connectivity index (χ3v) is 5.12. The van der Waals surface area contributed by atoms with Gasteiger partial charge >= 0.3 is 6.18 Å². The fraction of sp³-hybridized carbons (Fsp3) is 0.350. The van der Waals surface area contributed by atoms with Gasteiger partial charge in [-0.3, -0.25) is 4.79 Å². The number of carbonyl (C=O) groups excluding carboxylic acids is 1. The first-order valence-electron chi connectivity index (χ1n) is 8.53. The van der Waals surface area contributed by atoms with Crippen molar-refractivity contribution in [1.29, 1.82) is 0 Å². The monoisotopic (exact) mass is 433 g/mol. The number of aliphatic hydroxyl groups excluding tert-OH is 1. The predicted molar refractivity (Wildman–Crippen MR) is 104 cm³/mol. The molecule has 2 aromatic rings. The van der Waals surface area contributed by atoms with Crippen molar-refractivity contribution in [3.8, 4) is 0 Å². The van der Waals surface area contributed by atoms with Crippen molar-refractivity contribution in [3.05, 3.63) is 68.7 Å². The molecule has 8 heteroatoms. The molecule has 3 nitrogen and oxygen atoms in total. The van der Waals surface area contributed by atoms with Crippen molar-refractivity contribution in [2.24, 2.45) is 0 Å². The molecule has 0 aliphatic carbocycles. The van der Waals surface area contributed by atoms with Crippen LogP contribution in [0.25, 0.3) is 0 Å². The lowest BCUT2D eigenvalue weighted by atomic mass is 9.95. The molecule has 0 spiro atoms. The van der Waals surface area contributed by atoms with Gasteiger partial charge in [0.25, 0.3) is 5.91 Å². The highest BCUT2D eigenvalue weighted by molar-refractivity contribution is 6.42. The number of rotatable bonds is 6. The van der Waals surface area contributed by atoms with Crippen molar-refractivity contribution in [2.45, 2.75) is 25.4 Å². The van der Waals surface area contributed by atoms with Crippen LogP contribution in [0.4, 0.5) is 13.2 Å². The maximum Gasteiger partial charge on any atom is 0.416 e. The molecule has 2 rings (SSSR count). The Bertz CT molecular complexity index is 856. The summed E-state index contributed by atoms with van der Waals surface area (Å²) >= 11 is 12.0. The standard InChI is InChI=1S/C20H20Cl2F3NO2/c1-12-7-15(9-16(8-12)20(23,24)25)19(28)26(2)11-14(5-6-27)13-3-4-17(21)18(22)10-13/h3-4,7-10,14,27H,5-6,11H2,1-2H3/t14-/m1/s1. The molecule has 0 aliphatic heterocycles. The number of aliphatic hydroxyl groups is 1. The second kappa shape index (κ2) is 9.16. The van der Waals surface area contributed by atoms with E-state index in [1.54, 1.807) is 18.2 Å². The quantitative estimate of drug-likeness (QED) is 0.647. The van der Waals surface area contributed by atoms with Crippen LogP contribution in [-0.2, 0) is 6.18 Å². The molecule has 1 atom stereocenters. The van der Waals surface area contributed by atoms with Gasteiger partial charge in [-0.1, -0.05) is 29.3 Å². The number of halogens is 5. The van der Waals surface area contributed by atoms with Gasteiger partial charge in [0.1, 0.15) is 0 Å². The van der Waals surface area contributed by atoms with Crippen LogP contribution >= 0.6 is 23.2 Å². The van der Waals surface area contributed by atoms with Crippen LogP contribution in [0.5, 0.6) is 0 Å². The highest BCUT2D eigenvalue weighted by Gasteiger charge is 2.32. The fourth-order valence-corrected chi connectivity index (χ4v) is 3.30. The number of aryl methyl sites for hydroxylation is 1. The van der Waals surface area contributed by atoms with Gasteiger partial charge in [0.15, 0.2) is 0 Å². The largest absolute Gasteiger partial charge is 0.416 e. The van der Waals surface area contributed by atoms with E-state index in [1.807, 2.05) is 0 Å². The molecule has 0 bridgehead atoms. The van der Waals surface area contributed by atoms with Crippen LogP contribution in [0.15, 0.2) is 36.4 Å². The van der Waals surface area contributed by atoms with Crippen molar-refractivity contribution in [3.63, 3.8) is 0 Å². The van der Waals surface area contributed by atoms with Crippen LogP contribution in [0.1, 0.15) is 39.4 Å². The second-order valence-corrected chi connectivity index (χ2v) is 7.47. The fourth-order valence-electron chi connectivity index (χ4n) is 2.99. The van der Waals surface area contributed by atoms with Crippen molar-refractivity contribution in [2.75, 3.05) is 20.2 Å². The summed E-state index contributed by atoms with van der Waals surface area (Å²) in [5.41, 5.74) is 0.235. The van der Waals surface area contributed by atoms with Crippen molar-refractivity contribution < 1.29 is 23.1 Å². The minimum absolute atomic E-state index is 0.0355. The van der Waals surface area contributed by atoms with Crippen LogP contribution in [0.3, 0.4) is 0 Å². The first kappa shape index (κ1) is 22.5. The Morgan fingerprint density at radius 1 is 1.14 bits per heavy atom. The molecule has 0 aromatic heterocycles. The molecule has 0 saturated carbocycles. The Balaban J connectivity index is 2.26. The Morgan fingerprint density at radius 3 is 2.39 bits per heavy atom. The Kier molecular flexibility index (Phi) is 7.37. The SMILES string of the molecule is Cc1cc(C(=O)N(C)C[C@@H](CCO)c2ccc(Cl)c(Cl)c2)cc(C(F)(F)F)c1. The van der Waals surface area contributed by atoms with E-state index in [-0.39, 0.29) is 24.6 Å². The molecule has 1 N–H and O–H groups in total. The van der Waals surface area contributed by atoms with E-state index >= 15 is 0 Å². The summed E-state index contributed by atoms with van der Waals surface area (Å²) in [5, 5.41) is 10.1. The zero-order valence-corrected chi connectivity index (χ0v) is 16.9. The topological polar surface area (TPSA) is 40.5 Å². The number of likely N-dealkylation sites (N-methyl/N-ethyl adjacent to an activating group) is 1. The van der Waals surface area contributed by atoms with Crippen LogP contribution < -0.4 is 0 Å². The van der Waals surface area contributed by atoms with E-state index in [0.29, 0.717) is 22.0 Å². The molecular formula is C20H20Cl2F3NO2. The molecule has 0 unspecified atom stereocenters. The first-order valence-corrected chi connectivity index (χ1v) is 9.28. The number of hydrogen-bond donors (Lipinski definition) is 1. The highest BCUT2D eigenvalue weighted by Crippen LogP contribution is 2.32. The molecule has 0 saturated heterocycles. The molecular weight excluding hydrogens is 414 g/mol. The van der Waals surface area contributed by atoms with Crippen LogP contribution in [0.2, 0.25) is 10.0 Å². The van der Waals surface area contributed by atoms with E-state index in [4.69, 9.17) is 23.2 Å². The summed E-state index contributed by atoms with van der Waals surface area (Å²) in [4.78, 5) is 14.1. The van der Waals surface area contributed by atoms with Gasteiger partial charge < -0.3 is 10.0 Å². The third-order valence-electron chi connectivity index (χ3n) is 4.39. The minimum atomic E-state index is -4.53. The number of amides is 1. The molecule has 0 radical (unpaired) electrons. The van der Waals surface area contributed by atoms with Gasteiger partial charge in [0.05, 0.1) is 15.6 Å². The lowest BCUT2D eigenvalue weighted by Gasteiger charge is -2.25. The average Bonchev–Trinajstić information content (AvgIpc) is 2.61. The van der Waals surface area contributed by atoms with Crippen LogP contribution in [0, 0.1) is 6.92 Å². The molecule has 152 valence electrons. The first-order chi connectivity index (χ1) is 13.0. The maximum absolute atomic E-state index is 13.0.